The molecule has 2 aromatic rings. The Morgan fingerprint density at radius 3 is 3.00 bits per heavy atom. The second-order valence-corrected chi connectivity index (χ2v) is 4.43. The lowest BCUT2D eigenvalue weighted by atomic mass is 10.0. The van der Waals surface area contributed by atoms with Gasteiger partial charge in [-0.1, -0.05) is 12.1 Å². The number of nitrogens with two attached hydrogens (primary N) is 1. The third-order valence-electron chi connectivity index (χ3n) is 3.28. The zero-order valence-corrected chi connectivity index (χ0v) is 9.35. The van der Waals surface area contributed by atoms with E-state index in [1.54, 1.807) is 0 Å². The Kier molecular flexibility index (Phi) is 2.07. The van der Waals surface area contributed by atoms with Crippen LogP contribution in [0.15, 0.2) is 30.5 Å². The summed E-state index contributed by atoms with van der Waals surface area (Å²) in [6.45, 7) is 0. The molecule has 1 heterocycles. The normalized spacial score (nSPS) is 18.8. The molecule has 0 aliphatic heterocycles. The first-order valence-electron chi connectivity index (χ1n) is 5.62. The Morgan fingerprint density at radius 1 is 1.38 bits per heavy atom. The summed E-state index contributed by atoms with van der Waals surface area (Å²) in [5.41, 5.74) is 10.9. The van der Waals surface area contributed by atoms with E-state index in [1.807, 2.05) is 24.0 Å². The Balaban J connectivity index is 2.05. The topological polar surface area (TPSA) is 43.8 Å². The minimum atomic E-state index is 0.229. The highest BCUT2D eigenvalue weighted by Gasteiger charge is 2.19. The first-order chi connectivity index (χ1) is 7.74. The van der Waals surface area contributed by atoms with Crippen LogP contribution < -0.4 is 5.73 Å². The van der Waals surface area contributed by atoms with E-state index < -0.39 is 0 Å². The third kappa shape index (κ3) is 1.44. The molecule has 1 aromatic heterocycles. The van der Waals surface area contributed by atoms with Gasteiger partial charge in [-0.25, -0.2) is 0 Å². The van der Waals surface area contributed by atoms with Gasteiger partial charge in [0.1, 0.15) is 0 Å². The van der Waals surface area contributed by atoms with Crippen molar-refractivity contribution in [2.24, 2.45) is 12.8 Å². The molecule has 82 valence electrons. The predicted molar refractivity (Wildman–Crippen MR) is 63.9 cm³/mol. The molecule has 3 heteroatoms. The number of rotatable bonds is 1. The summed E-state index contributed by atoms with van der Waals surface area (Å²) in [6, 6.07) is 8.76. The largest absolute Gasteiger partial charge is 0.324 e. The van der Waals surface area contributed by atoms with E-state index >= 15 is 0 Å². The number of fused-ring (bicyclic) bond motifs is 1. The van der Waals surface area contributed by atoms with Crippen LogP contribution in [0.1, 0.15) is 23.6 Å². The molecule has 0 saturated carbocycles. The molecular weight excluding hydrogens is 198 g/mol. The Morgan fingerprint density at radius 2 is 2.25 bits per heavy atom. The van der Waals surface area contributed by atoms with Gasteiger partial charge < -0.3 is 5.73 Å². The van der Waals surface area contributed by atoms with E-state index in [4.69, 9.17) is 5.73 Å². The van der Waals surface area contributed by atoms with Crippen molar-refractivity contribution in [2.45, 2.75) is 18.9 Å². The van der Waals surface area contributed by atoms with E-state index in [-0.39, 0.29) is 6.04 Å². The first kappa shape index (κ1) is 9.60. The first-order valence-corrected chi connectivity index (χ1v) is 5.62. The van der Waals surface area contributed by atoms with E-state index in [0.29, 0.717) is 0 Å². The summed E-state index contributed by atoms with van der Waals surface area (Å²) >= 11 is 0. The van der Waals surface area contributed by atoms with Crippen LogP contribution in [0.4, 0.5) is 0 Å². The molecule has 0 saturated heterocycles. The maximum atomic E-state index is 6.02. The average molecular weight is 213 g/mol. The van der Waals surface area contributed by atoms with Crippen molar-refractivity contribution in [1.29, 1.82) is 0 Å². The maximum Gasteiger partial charge on any atom is 0.0923 e. The molecule has 1 unspecified atom stereocenters. The van der Waals surface area contributed by atoms with Crippen molar-refractivity contribution in [1.82, 2.24) is 9.78 Å². The fraction of sp³-hybridized carbons (Fsp3) is 0.308. The molecular formula is C13H15N3. The van der Waals surface area contributed by atoms with Crippen LogP contribution in [0.3, 0.4) is 0 Å². The number of hydrogen-bond donors (Lipinski definition) is 1. The van der Waals surface area contributed by atoms with Crippen molar-refractivity contribution in [3.63, 3.8) is 0 Å². The van der Waals surface area contributed by atoms with Crippen LogP contribution in [0.2, 0.25) is 0 Å². The summed E-state index contributed by atoms with van der Waals surface area (Å²) in [5, 5.41) is 4.41. The monoisotopic (exact) mass is 213 g/mol. The third-order valence-corrected chi connectivity index (χ3v) is 3.28. The molecule has 3 rings (SSSR count). The van der Waals surface area contributed by atoms with E-state index in [2.05, 4.69) is 23.3 Å². The molecule has 1 atom stereocenters. The summed E-state index contributed by atoms with van der Waals surface area (Å²) in [7, 11) is 1.94. The smallest absolute Gasteiger partial charge is 0.0923 e. The van der Waals surface area contributed by atoms with Gasteiger partial charge in [0.05, 0.1) is 5.69 Å². The molecule has 0 fully saturated rings. The van der Waals surface area contributed by atoms with E-state index in [0.717, 1.165) is 18.5 Å². The van der Waals surface area contributed by atoms with Crippen LogP contribution in [0.25, 0.3) is 11.3 Å². The van der Waals surface area contributed by atoms with Crippen molar-refractivity contribution in [3.05, 3.63) is 41.6 Å². The molecule has 1 aromatic carbocycles. The van der Waals surface area contributed by atoms with Gasteiger partial charge in [0, 0.05) is 24.8 Å². The predicted octanol–water partition coefficient (Wildman–Crippen LogP) is 2.03. The number of aryl methyl sites for hydroxylation is 2. The highest BCUT2D eigenvalue weighted by molar-refractivity contribution is 5.61. The quantitative estimate of drug-likeness (QED) is 0.787. The van der Waals surface area contributed by atoms with Gasteiger partial charge in [0.15, 0.2) is 0 Å². The van der Waals surface area contributed by atoms with Crippen molar-refractivity contribution in [3.8, 4) is 11.3 Å². The lowest BCUT2D eigenvalue weighted by Crippen LogP contribution is -2.04. The molecule has 0 amide bonds. The second kappa shape index (κ2) is 3.46. The fourth-order valence-electron chi connectivity index (χ4n) is 2.38. The highest BCUT2D eigenvalue weighted by Crippen LogP contribution is 2.32. The molecule has 0 radical (unpaired) electrons. The van der Waals surface area contributed by atoms with Gasteiger partial charge in [-0.3, -0.25) is 4.68 Å². The van der Waals surface area contributed by atoms with E-state index in [1.165, 1.54) is 16.7 Å². The standard InChI is InChI=1S/C13H15N3/c1-16-7-6-13(15-16)10-2-4-11-9(8-10)3-5-12(11)14/h2,4,6-8,12H,3,5,14H2,1H3. The van der Waals surface area contributed by atoms with Crippen LogP contribution in [-0.4, -0.2) is 9.78 Å². The summed E-state index contributed by atoms with van der Waals surface area (Å²) < 4.78 is 1.83. The number of hydrogen-bond acceptors (Lipinski definition) is 2. The minimum absolute atomic E-state index is 0.229. The minimum Gasteiger partial charge on any atom is -0.324 e. The van der Waals surface area contributed by atoms with Gasteiger partial charge in [-0.2, -0.15) is 5.10 Å². The molecule has 16 heavy (non-hydrogen) atoms. The number of benzene rings is 1. The SMILES string of the molecule is Cn1ccc(-c2ccc3c(c2)CCC3N)n1. The van der Waals surface area contributed by atoms with Crippen molar-refractivity contribution in [2.75, 3.05) is 0 Å². The van der Waals surface area contributed by atoms with Gasteiger partial charge in [-0.05, 0) is 36.1 Å². The van der Waals surface area contributed by atoms with Crippen LogP contribution in [0, 0.1) is 0 Å². The number of aromatic nitrogens is 2. The summed E-state index contributed by atoms with van der Waals surface area (Å²) in [4.78, 5) is 0. The van der Waals surface area contributed by atoms with Gasteiger partial charge >= 0.3 is 0 Å². The van der Waals surface area contributed by atoms with Crippen LogP contribution >= 0.6 is 0 Å². The molecule has 1 aliphatic carbocycles. The Labute approximate surface area is 94.9 Å². The lowest BCUT2D eigenvalue weighted by molar-refractivity contribution is 0.713. The average Bonchev–Trinajstić information content (AvgIpc) is 2.86. The van der Waals surface area contributed by atoms with Gasteiger partial charge in [0.25, 0.3) is 0 Å². The number of nitrogens with zero attached hydrogens (tertiary/aromatic N) is 2. The zero-order valence-electron chi connectivity index (χ0n) is 9.35. The van der Waals surface area contributed by atoms with Crippen LogP contribution in [0.5, 0.6) is 0 Å². The molecule has 3 nitrogen and oxygen atoms in total. The molecule has 0 bridgehead atoms. The second-order valence-electron chi connectivity index (χ2n) is 4.43. The van der Waals surface area contributed by atoms with E-state index in [9.17, 15) is 0 Å². The molecule has 2 N–H and O–H groups in total. The molecule has 1 aliphatic rings. The van der Waals surface area contributed by atoms with Crippen molar-refractivity contribution < 1.29 is 0 Å². The molecule has 0 spiro atoms. The van der Waals surface area contributed by atoms with Crippen LogP contribution in [-0.2, 0) is 13.5 Å². The fourth-order valence-corrected chi connectivity index (χ4v) is 2.38. The Hall–Kier alpha value is -1.61. The lowest BCUT2D eigenvalue weighted by Gasteiger charge is -2.05. The summed E-state index contributed by atoms with van der Waals surface area (Å²) in [6.07, 6.45) is 4.13. The summed E-state index contributed by atoms with van der Waals surface area (Å²) in [5.74, 6) is 0. The highest BCUT2D eigenvalue weighted by atomic mass is 15.2. The maximum absolute atomic E-state index is 6.02. The Bertz CT molecular complexity index is 528. The van der Waals surface area contributed by atoms with Gasteiger partial charge in [0.2, 0.25) is 0 Å². The van der Waals surface area contributed by atoms with Crippen molar-refractivity contribution >= 4 is 0 Å². The zero-order chi connectivity index (χ0) is 11.1. The van der Waals surface area contributed by atoms with Gasteiger partial charge in [-0.15, -0.1) is 0 Å².